The van der Waals surface area contributed by atoms with Gasteiger partial charge < -0.3 is 161 Å². The van der Waals surface area contributed by atoms with Crippen molar-refractivity contribution >= 4 is 76.1 Å². The summed E-state index contributed by atoms with van der Waals surface area (Å²) in [6.45, 7) is 2.70. The van der Waals surface area contributed by atoms with Crippen molar-refractivity contribution in [1.82, 2.24) is 15.5 Å². The minimum absolute atomic E-state index is 0.00535. The van der Waals surface area contributed by atoms with Crippen molar-refractivity contribution in [1.29, 1.82) is 5.26 Å². The number of amides is 3. The number of β-amino-alcohol motifs (C(OH)–C–C–N with tert-alkyl or cyclic N) is 1. The zero-order chi connectivity index (χ0) is 105. The Hall–Kier alpha value is -4.31. The fourth-order valence-electron chi connectivity index (χ4n) is 16.7. The Morgan fingerprint density at radius 1 is 0.465 bits per heavy atom. The van der Waals surface area contributed by atoms with E-state index >= 15 is 0 Å². The number of Topliss-reactive ketones (excluding diaryl/α,β-unsaturated/α-hetero) is 5. The van der Waals surface area contributed by atoms with Gasteiger partial charge in [0.15, 0.2) is 18.9 Å². The first kappa shape index (κ1) is 128. The lowest BCUT2D eigenvalue weighted by atomic mass is 9.92. The van der Waals surface area contributed by atoms with E-state index < -0.39 is 272 Å². The molecule has 6 rings (SSSR count). The Kier molecular flexibility index (Phi) is 62.5. The number of nitrogens with one attached hydrogen (secondary N) is 2. The van der Waals surface area contributed by atoms with Gasteiger partial charge in [0.25, 0.3) is 7.82 Å². The molecule has 6 fully saturated rings. The largest absolute Gasteiger partial charge is 0.789 e. The van der Waals surface area contributed by atoms with Crippen LogP contribution in [-0.2, 0) is 141 Å². The number of rotatable bonds is 77. The Bertz CT molecular complexity index is 3610. The molecule has 0 bridgehead atoms. The lowest BCUT2D eigenvalue weighted by Gasteiger charge is -2.40. The normalized spacial score (nSPS) is 29.5. The molecule has 9 unspecified atom stereocenters. The summed E-state index contributed by atoms with van der Waals surface area (Å²) in [5, 5.41) is 123. The molecular weight excluding hydrogens is 1940 g/mol. The molecular formula is C92H161N4O43P3-2. The van der Waals surface area contributed by atoms with Gasteiger partial charge in [0.05, 0.1) is 160 Å². The van der Waals surface area contributed by atoms with Crippen LogP contribution in [0.25, 0.3) is 0 Å². The molecule has 0 spiro atoms. The van der Waals surface area contributed by atoms with Gasteiger partial charge in [-0.3, -0.25) is 56.5 Å². The molecule has 6 saturated heterocycles. The van der Waals surface area contributed by atoms with Gasteiger partial charge in [-0.15, -0.1) is 0 Å². The first-order valence-corrected chi connectivity index (χ1v) is 54.1. The quantitative estimate of drug-likeness (QED) is 0.0232. The summed E-state index contributed by atoms with van der Waals surface area (Å²) in [5.74, 6) is -4.37. The van der Waals surface area contributed by atoms with E-state index in [4.69, 9.17) is 98.4 Å². The second-order valence-electron chi connectivity index (χ2n) is 36.8. The van der Waals surface area contributed by atoms with Crippen LogP contribution < -0.4 is 20.4 Å². The molecule has 47 nitrogen and oxygen atoms in total. The predicted octanol–water partition coefficient (Wildman–Crippen LogP) is 1.37. The van der Waals surface area contributed by atoms with Crippen LogP contribution in [0.4, 0.5) is 0 Å². The highest BCUT2D eigenvalue weighted by Gasteiger charge is 2.52. The number of ketones is 5. The molecule has 824 valence electrons. The fraction of sp³-hybridized carbons (Fsp3) is 0.891. The molecule has 0 saturated carbocycles. The lowest BCUT2D eigenvalue weighted by molar-refractivity contribution is -0.282. The van der Waals surface area contributed by atoms with Crippen molar-refractivity contribution in [3.63, 3.8) is 0 Å². The van der Waals surface area contributed by atoms with Crippen LogP contribution in [0.3, 0.4) is 0 Å². The number of aliphatic hydroxyl groups excluding tert-OH is 11. The molecule has 0 radical (unpaired) electrons. The number of aliphatic hydroxyl groups is 11. The van der Waals surface area contributed by atoms with Crippen LogP contribution in [0.5, 0.6) is 0 Å². The van der Waals surface area contributed by atoms with Gasteiger partial charge in [0, 0.05) is 157 Å². The highest BCUT2D eigenvalue weighted by molar-refractivity contribution is 7.57. The molecule has 3 amide bonds. The predicted molar refractivity (Wildman–Crippen MR) is 499 cm³/mol. The van der Waals surface area contributed by atoms with Crippen molar-refractivity contribution < 1.29 is 207 Å². The summed E-state index contributed by atoms with van der Waals surface area (Å²) in [5.41, 5.74) is -1.76. The van der Waals surface area contributed by atoms with E-state index in [0.29, 0.717) is 89.9 Å². The molecule has 50 heteroatoms. The van der Waals surface area contributed by atoms with Crippen LogP contribution >= 0.6 is 23.2 Å². The number of nitriles is 1. The van der Waals surface area contributed by atoms with Crippen LogP contribution in [0.15, 0.2) is 0 Å². The van der Waals surface area contributed by atoms with Gasteiger partial charge in [-0.05, 0) is 97.3 Å². The van der Waals surface area contributed by atoms with E-state index in [1.54, 1.807) is 34.6 Å². The molecule has 6 aliphatic heterocycles. The van der Waals surface area contributed by atoms with Crippen LogP contribution in [0, 0.1) is 29.1 Å². The number of carbonyl (C=O) groups excluding carboxylic acids is 8. The number of hydrogen-bond donors (Lipinski definition) is 13. The molecule has 142 heavy (non-hydrogen) atoms. The number of ether oxygens (including phenoxy) is 13. The Morgan fingerprint density at radius 2 is 0.901 bits per heavy atom. The second-order valence-corrected chi connectivity index (χ2v) is 41.6. The molecule has 6 aliphatic rings. The SMILES string of the molecule is C=P([O-])(OC)OC[C@H]1O[C@@H](C)[C@H](OCCOC)[C@@H]1OP(=O)(OCCC#N)OC[C@H]1O[C@@H](C)C[C@@H]1OP(=O)([O-])OC[C@@H]1C[C@@H](O)CN1C(=O)CC(=O)NC(COCCC(=O)CCCCCC(=O)CCCCO[C@@H]1OC(CO)[C@H](O)[C@H](O)C1C)(COCCC(=O)CCCCCC(=O)CCCCO[C@@H]1OC(CO)[C@H](O)[C@H](O)C1C)COCCC(=O)NCCCCC(=O)CCCCO[C@@H]1OC(CO)[C@H](O)[C@H](O)C1C.CO. The van der Waals surface area contributed by atoms with Crippen LogP contribution in [0.2, 0.25) is 0 Å². The molecule has 6 heterocycles. The summed E-state index contributed by atoms with van der Waals surface area (Å²) >= 11 is 0. The first-order valence-electron chi connectivity index (χ1n) is 49.4. The Balaban J connectivity index is 0.0000176. The Labute approximate surface area is 832 Å². The van der Waals surface area contributed by atoms with E-state index in [0.717, 1.165) is 19.1 Å². The van der Waals surface area contributed by atoms with Crippen LogP contribution in [0.1, 0.15) is 221 Å². The lowest BCUT2D eigenvalue weighted by Crippen LogP contribution is -2.59. The van der Waals surface area contributed by atoms with Crippen molar-refractivity contribution in [2.45, 2.75) is 355 Å². The number of nitrogens with zero attached hydrogens (tertiary/aromatic N) is 2. The third-order valence-corrected chi connectivity index (χ3v) is 28.7. The monoisotopic (exact) mass is 2100 g/mol. The second kappa shape index (κ2) is 69.2. The highest BCUT2D eigenvalue weighted by atomic mass is 31.2. The summed E-state index contributed by atoms with van der Waals surface area (Å²) < 4.78 is 143. The molecule has 0 aromatic rings. The van der Waals surface area contributed by atoms with E-state index in [1.165, 1.54) is 7.11 Å². The van der Waals surface area contributed by atoms with Crippen molar-refractivity contribution in [3.8, 4) is 6.07 Å². The first-order chi connectivity index (χ1) is 67.7. The number of phosphoric acid groups is 2. The maximum atomic E-state index is 14.7. The van der Waals surface area contributed by atoms with Gasteiger partial charge in [-0.1, -0.05) is 39.9 Å². The third kappa shape index (κ3) is 47.1. The van der Waals surface area contributed by atoms with Gasteiger partial charge in [-0.2, -0.15) is 5.26 Å². The van der Waals surface area contributed by atoms with Crippen molar-refractivity contribution in [2.75, 3.05) is 153 Å². The van der Waals surface area contributed by atoms with Gasteiger partial charge in [0.2, 0.25) is 17.7 Å². The van der Waals surface area contributed by atoms with Crippen molar-refractivity contribution in [3.05, 3.63) is 0 Å². The summed E-state index contributed by atoms with van der Waals surface area (Å²) in [6.07, 6.45) is -11.5. The maximum absolute atomic E-state index is 14.7. The van der Waals surface area contributed by atoms with Crippen LogP contribution in [-0.4, -0.2) is 402 Å². The summed E-state index contributed by atoms with van der Waals surface area (Å²) in [7, 11) is -10.6. The number of hydrogen-bond acceptors (Lipinski definition) is 44. The van der Waals surface area contributed by atoms with Gasteiger partial charge in [-0.25, -0.2) is 4.57 Å². The summed E-state index contributed by atoms with van der Waals surface area (Å²) in [6, 6.07) is 0.666. The Morgan fingerprint density at radius 3 is 1.35 bits per heavy atom. The minimum Gasteiger partial charge on any atom is -0.789 e. The zero-order valence-electron chi connectivity index (χ0n) is 83.4. The number of likely N-dealkylation sites (tertiary alicyclic amines) is 1. The van der Waals surface area contributed by atoms with Gasteiger partial charge >= 0.3 is 7.82 Å². The molecule has 27 atom stereocenters. The van der Waals surface area contributed by atoms with E-state index in [2.05, 4.69) is 16.9 Å². The van der Waals surface area contributed by atoms with E-state index in [-0.39, 0.29) is 178 Å². The maximum Gasteiger partial charge on any atom is 0.475 e. The minimum atomic E-state index is -5.44. The number of unbranched alkanes of at least 4 members (excludes halogenated alkanes) is 8. The number of phosphoric ester groups is 2. The molecule has 0 aromatic carbocycles. The fourth-order valence-corrected chi connectivity index (χ4v) is 19.6. The topological polar surface area (TPSA) is 675 Å². The average Bonchev–Trinajstić information content (AvgIpc) is 1.55. The van der Waals surface area contributed by atoms with E-state index in [1.807, 2.05) is 6.07 Å². The molecule has 13 N–H and O–H groups in total. The zero-order valence-corrected chi connectivity index (χ0v) is 86.1. The van der Waals surface area contributed by atoms with E-state index in [9.17, 15) is 114 Å². The molecule has 0 aromatic heterocycles. The average molecular weight is 2100 g/mol. The molecule has 0 aliphatic carbocycles. The standard InChI is InChI=1S/C91H158N4O42P3.CH4O/c1-59-46-71(75(131-59)54-130-140(117,127-40-23-35-92)137-87-76(55-128-138(8,114)119-7)132-63(5)86(87)123-45-44-118-6)136-139(115,116)129-53-64-47-70(104)49-95(64)79(107)48-78(106)94-91(56-120-41-32-68(102)26-13-9-11-24-65(99)29-16-20-37-124-88-60(2)80(108)83(111)72(50-96)133-88,57-121-42-33-69(103)27-14-10-12-25-66(100)30-17-21-38-125-89-61(3)81(109)84(112)73(51-97)134-89)58-122-43-34-77(105)93-36-19-15-28-67(101)31-18-22-39-126-90-62(4)82(110)85(113)74(52-98)135-90;1-2/h59-64,70-76,80-90,96-98,104,108-113H,8-34,36-58H2,1-7H3,(H3-,93,94,105,106,114,115,116);2H,1H3/q-1;/p-1/t59-,60?,61?,62?,63-,64-,70+,71-,72?,73?,74?,75+,76+,80+,81+,82+,83-,84-,85-,86-,87+,88+,89+,90+,91?,138?,140?;/m0./s1. The van der Waals surface area contributed by atoms with Crippen molar-refractivity contribution in [2.24, 2.45) is 17.8 Å². The summed E-state index contributed by atoms with van der Waals surface area (Å²) in [4.78, 5) is 136. The number of carbonyl (C=O) groups is 8. The smallest absolute Gasteiger partial charge is 0.475 e. The third-order valence-electron chi connectivity index (χ3n) is 25.1. The van der Waals surface area contributed by atoms with Gasteiger partial charge in [0.1, 0.15) is 102 Å². The number of methoxy groups -OCH3 is 1. The highest BCUT2D eigenvalue weighted by Crippen LogP contribution is 2.55.